The highest BCUT2D eigenvalue weighted by Crippen LogP contribution is 2.21. The molecule has 146 valence electrons. The normalized spacial score (nSPS) is 14.6. The fraction of sp³-hybridized carbons (Fsp3) is 0.600. The molecule has 2 atom stereocenters. The Balaban J connectivity index is 2.55. The lowest BCUT2D eigenvalue weighted by atomic mass is 9.89. The van der Waals surface area contributed by atoms with E-state index in [-0.39, 0.29) is 11.9 Å². The van der Waals surface area contributed by atoms with Crippen LogP contribution in [0.3, 0.4) is 0 Å². The van der Waals surface area contributed by atoms with Gasteiger partial charge < -0.3 is 16.4 Å². The second-order valence-electron chi connectivity index (χ2n) is 8.03. The lowest BCUT2D eigenvalue weighted by molar-refractivity contribution is -0.121. The summed E-state index contributed by atoms with van der Waals surface area (Å²) in [6.07, 6.45) is 2.59. The molecule has 1 rings (SSSR count). The number of benzene rings is 1. The smallest absolute Gasteiger partial charge is 0.222 e. The molecule has 2 unspecified atom stereocenters. The van der Waals surface area contributed by atoms with Gasteiger partial charge in [0, 0.05) is 19.6 Å². The Labute approximate surface area is 156 Å². The molecule has 0 fully saturated rings. The molecule has 0 heterocycles. The van der Waals surface area contributed by atoms with Gasteiger partial charge in [-0.15, -0.1) is 0 Å². The number of hydrogen-bond acceptors (Lipinski definition) is 2. The van der Waals surface area contributed by atoms with E-state index in [0.717, 1.165) is 18.4 Å². The predicted molar refractivity (Wildman–Crippen MR) is 105 cm³/mol. The Morgan fingerprint density at radius 1 is 1.27 bits per heavy atom. The standard InChI is InChI=1S/C20H33FN4O/c1-14(10-11-20(2,3)4)25-19(23-5)24-13-16(18(22)26)12-15-6-8-17(21)9-7-15/h6-9,14,16H,10-13H2,1-5H3,(H2,22,26)(H2,23,24,25). The molecule has 0 radical (unpaired) electrons. The zero-order valence-corrected chi connectivity index (χ0v) is 16.6. The highest BCUT2D eigenvalue weighted by molar-refractivity contribution is 5.82. The van der Waals surface area contributed by atoms with Gasteiger partial charge in [-0.2, -0.15) is 0 Å². The van der Waals surface area contributed by atoms with E-state index in [4.69, 9.17) is 5.73 Å². The van der Waals surface area contributed by atoms with Crippen LogP contribution in [0.25, 0.3) is 0 Å². The Hall–Kier alpha value is -2.11. The molecule has 0 aliphatic rings. The van der Waals surface area contributed by atoms with Crippen LogP contribution in [0.4, 0.5) is 4.39 Å². The first kappa shape index (κ1) is 21.9. The first-order chi connectivity index (χ1) is 12.1. The van der Waals surface area contributed by atoms with Gasteiger partial charge in [-0.3, -0.25) is 9.79 Å². The lowest BCUT2D eigenvalue weighted by Crippen LogP contribution is -2.46. The molecule has 0 bridgehead atoms. The van der Waals surface area contributed by atoms with Crippen molar-refractivity contribution in [1.29, 1.82) is 0 Å². The molecule has 1 aromatic carbocycles. The topological polar surface area (TPSA) is 79.5 Å². The maximum absolute atomic E-state index is 13.0. The molecular formula is C20H33FN4O. The van der Waals surface area contributed by atoms with E-state index < -0.39 is 11.8 Å². The van der Waals surface area contributed by atoms with Crippen molar-refractivity contribution in [2.24, 2.45) is 22.1 Å². The van der Waals surface area contributed by atoms with Crippen LogP contribution in [0.5, 0.6) is 0 Å². The van der Waals surface area contributed by atoms with Crippen molar-refractivity contribution < 1.29 is 9.18 Å². The summed E-state index contributed by atoms with van der Waals surface area (Å²) in [5, 5.41) is 6.52. The summed E-state index contributed by atoms with van der Waals surface area (Å²) >= 11 is 0. The van der Waals surface area contributed by atoms with Crippen LogP contribution in [-0.2, 0) is 11.2 Å². The van der Waals surface area contributed by atoms with E-state index in [2.05, 4.69) is 43.3 Å². The number of carbonyl (C=O) groups is 1. The Bertz CT molecular complexity index is 593. The minimum absolute atomic E-state index is 0.268. The van der Waals surface area contributed by atoms with E-state index >= 15 is 0 Å². The zero-order chi connectivity index (χ0) is 19.7. The van der Waals surface area contributed by atoms with Crippen molar-refractivity contribution in [3.05, 3.63) is 35.6 Å². The van der Waals surface area contributed by atoms with E-state index in [1.54, 1.807) is 19.2 Å². The number of primary amides is 1. The van der Waals surface area contributed by atoms with Crippen molar-refractivity contribution in [3.8, 4) is 0 Å². The van der Waals surface area contributed by atoms with Gasteiger partial charge in [0.15, 0.2) is 5.96 Å². The van der Waals surface area contributed by atoms with Crippen molar-refractivity contribution in [2.45, 2.75) is 53.0 Å². The average molecular weight is 365 g/mol. The van der Waals surface area contributed by atoms with E-state index in [1.165, 1.54) is 12.1 Å². The number of hydrogen-bond donors (Lipinski definition) is 3. The van der Waals surface area contributed by atoms with Crippen molar-refractivity contribution >= 4 is 11.9 Å². The van der Waals surface area contributed by atoms with Crippen molar-refractivity contribution in [2.75, 3.05) is 13.6 Å². The summed E-state index contributed by atoms with van der Waals surface area (Å²) in [7, 11) is 1.70. The first-order valence-electron chi connectivity index (χ1n) is 9.11. The minimum Gasteiger partial charge on any atom is -0.369 e. The summed E-state index contributed by atoms with van der Waals surface area (Å²) in [5.74, 6) is -0.435. The molecule has 0 aliphatic heterocycles. The summed E-state index contributed by atoms with van der Waals surface area (Å²) < 4.78 is 13.0. The number of rotatable bonds is 8. The number of aliphatic imine (C=N–C) groups is 1. The second kappa shape index (κ2) is 10.1. The van der Waals surface area contributed by atoms with Crippen LogP contribution < -0.4 is 16.4 Å². The number of halogens is 1. The number of nitrogens with one attached hydrogen (secondary N) is 2. The number of carbonyl (C=O) groups excluding carboxylic acids is 1. The SMILES string of the molecule is CN=C(NCC(Cc1ccc(F)cc1)C(N)=O)NC(C)CCC(C)(C)C. The quantitative estimate of drug-likeness (QED) is 0.490. The van der Waals surface area contributed by atoms with Gasteiger partial charge in [0.1, 0.15) is 5.82 Å². The maximum Gasteiger partial charge on any atom is 0.222 e. The van der Waals surface area contributed by atoms with Crippen molar-refractivity contribution in [3.63, 3.8) is 0 Å². The van der Waals surface area contributed by atoms with Gasteiger partial charge in [-0.05, 0) is 49.3 Å². The first-order valence-corrected chi connectivity index (χ1v) is 9.11. The lowest BCUT2D eigenvalue weighted by Gasteiger charge is -2.23. The van der Waals surface area contributed by atoms with Crippen LogP contribution >= 0.6 is 0 Å². The maximum atomic E-state index is 13.0. The molecule has 1 aromatic rings. The van der Waals surface area contributed by atoms with Crippen LogP contribution in [0, 0.1) is 17.2 Å². The summed E-state index contributed by atoms with van der Waals surface area (Å²) in [6.45, 7) is 9.15. The van der Waals surface area contributed by atoms with Crippen LogP contribution in [0.1, 0.15) is 46.1 Å². The molecule has 0 saturated heterocycles. The number of guanidine groups is 1. The highest BCUT2D eigenvalue weighted by Gasteiger charge is 2.18. The zero-order valence-electron chi connectivity index (χ0n) is 16.6. The Kier molecular flexibility index (Phi) is 8.55. The molecule has 5 nitrogen and oxygen atoms in total. The summed E-state index contributed by atoms with van der Waals surface area (Å²) in [6, 6.07) is 6.39. The minimum atomic E-state index is -0.399. The average Bonchev–Trinajstić information content (AvgIpc) is 2.56. The van der Waals surface area contributed by atoms with Gasteiger partial charge >= 0.3 is 0 Å². The van der Waals surface area contributed by atoms with Gasteiger partial charge in [-0.1, -0.05) is 32.9 Å². The molecule has 6 heteroatoms. The Morgan fingerprint density at radius 3 is 2.38 bits per heavy atom. The number of amides is 1. The molecule has 0 aromatic heterocycles. The van der Waals surface area contributed by atoms with Crippen LogP contribution in [0.2, 0.25) is 0 Å². The predicted octanol–water partition coefficient (Wildman–Crippen LogP) is 2.85. The third kappa shape index (κ3) is 8.83. The van der Waals surface area contributed by atoms with Gasteiger partial charge in [0.05, 0.1) is 5.92 Å². The fourth-order valence-electron chi connectivity index (χ4n) is 2.55. The van der Waals surface area contributed by atoms with E-state index in [9.17, 15) is 9.18 Å². The monoisotopic (exact) mass is 364 g/mol. The van der Waals surface area contributed by atoms with Crippen LogP contribution in [-0.4, -0.2) is 31.5 Å². The number of nitrogens with two attached hydrogens (primary N) is 1. The third-order valence-electron chi connectivity index (χ3n) is 4.25. The Morgan fingerprint density at radius 2 is 1.88 bits per heavy atom. The summed E-state index contributed by atoms with van der Waals surface area (Å²) in [5.41, 5.74) is 6.69. The highest BCUT2D eigenvalue weighted by atomic mass is 19.1. The fourth-order valence-corrected chi connectivity index (χ4v) is 2.55. The van der Waals surface area contributed by atoms with Gasteiger partial charge in [0.2, 0.25) is 5.91 Å². The van der Waals surface area contributed by atoms with E-state index in [1.807, 2.05) is 0 Å². The van der Waals surface area contributed by atoms with E-state index in [0.29, 0.717) is 24.3 Å². The largest absolute Gasteiger partial charge is 0.369 e. The van der Waals surface area contributed by atoms with Gasteiger partial charge in [-0.25, -0.2) is 4.39 Å². The molecule has 0 spiro atoms. The molecule has 0 aliphatic carbocycles. The van der Waals surface area contributed by atoms with Crippen molar-refractivity contribution in [1.82, 2.24) is 10.6 Å². The van der Waals surface area contributed by atoms with Gasteiger partial charge in [0.25, 0.3) is 0 Å². The third-order valence-corrected chi connectivity index (χ3v) is 4.25. The molecule has 0 saturated carbocycles. The molecule has 1 amide bonds. The molecule has 4 N–H and O–H groups in total. The molecular weight excluding hydrogens is 331 g/mol. The number of nitrogens with zero attached hydrogens (tertiary/aromatic N) is 1. The summed E-state index contributed by atoms with van der Waals surface area (Å²) in [4.78, 5) is 16.0. The molecule has 26 heavy (non-hydrogen) atoms. The second-order valence-corrected chi connectivity index (χ2v) is 8.03. The van der Waals surface area contributed by atoms with Crippen LogP contribution in [0.15, 0.2) is 29.3 Å².